The van der Waals surface area contributed by atoms with Crippen molar-refractivity contribution < 1.29 is 10.0 Å². The Morgan fingerprint density at radius 1 is 0.463 bits per heavy atom. The molecule has 0 spiro atoms. The van der Waals surface area contributed by atoms with Crippen molar-refractivity contribution in [3.8, 4) is 33.4 Å². The van der Waals surface area contributed by atoms with Gasteiger partial charge in [-0.2, -0.15) is 0 Å². The Labute approximate surface area is 248 Å². The Bertz CT molecular complexity index is 1800. The van der Waals surface area contributed by atoms with Gasteiger partial charge in [0.15, 0.2) is 0 Å². The maximum Gasteiger partial charge on any atom is 0.489 e. The van der Waals surface area contributed by atoms with Crippen LogP contribution in [0.5, 0.6) is 0 Å². The van der Waals surface area contributed by atoms with E-state index in [9.17, 15) is 10.0 Å². The van der Waals surface area contributed by atoms with Gasteiger partial charge in [-0.15, -0.1) is 0 Å². The van der Waals surface area contributed by atoms with Gasteiger partial charge in [0.2, 0.25) is 0 Å². The largest absolute Gasteiger partial charge is 0.489 e. The number of hydrogen-bond donors (Lipinski definition) is 2. The maximum absolute atomic E-state index is 10.2. The summed E-state index contributed by atoms with van der Waals surface area (Å²) < 4.78 is 0.668. The Hall–Kier alpha value is -4.22. The molecule has 1 aliphatic carbocycles. The molecule has 0 fully saturated rings. The Morgan fingerprint density at radius 3 is 1.54 bits per heavy atom. The van der Waals surface area contributed by atoms with Gasteiger partial charge in [-0.1, -0.05) is 143 Å². The van der Waals surface area contributed by atoms with Gasteiger partial charge in [0, 0.05) is 4.47 Å². The average Bonchev–Trinajstić information content (AvgIpc) is 3.31. The van der Waals surface area contributed by atoms with E-state index in [0.717, 1.165) is 50.1 Å². The lowest BCUT2D eigenvalue weighted by atomic mass is 9.66. The van der Waals surface area contributed by atoms with E-state index in [0.29, 0.717) is 9.94 Å². The highest BCUT2D eigenvalue weighted by Crippen LogP contribution is 2.57. The SMILES string of the molecule is OB(O)c1cc2c(cc1Br)C(c1cccc(-c3ccccc3)c1)(c1cccc(-c3ccccc3)c1)c1ccccc1-2. The molecule has 0 heterocycles. The van der Waals surface area contributed by atoms with Gasteiger partial charge in [0.25, 0.3) is 0 Å². The predicted molar refractivity (Wildman–Crippen MR) is 172 cm³/mol. The number of benzene rings is 6. The smallest absolute Gasteiger partial charge is 0.423 e. The molecule has 0 atom stereocenters. The molecule has 2 nitrogen and oxygen atoms in total. The third-order valence-corrected chi connectivity index (χ3v) is 8.93. The first-order valence-corrected chi connectivity index (χ1v) is 14.5. The van der Waals surface area contributed by atoms with Crippen molar-refractivity contribution in [1.82, 2.24) is 0 Å². The van der Waals surface area contributed by atoms with Crippen molar-refractivity contribution in [1.29, 1.82) is 0 Å². The molecule has 196 valence electrons. The third-order valence-electron chi connectivity index (χ3n) is 8.25. The van der Waals surface area contributed by atoms with Crippen molar-refractivity contribution in [2.45, 2.75) is 5.41 Å². The fourth-order valence-corrected chi connectivity index (χ4v) is 6.97. The highest BCUT2D eigenvalue weighted by atomic mass is 79.9. The number of fused-ring (bicyclic) bond motifs is 3. The Balaban J connectivity index is 1.59. The fraction of sp³-hybridized carbons (Fsp3) is 0.0270. The van der Waals surface area contributed by atoms with Gasteiger partial charge in [0.05, 0.1) is 5.41 Å². The van der Waals surface area contributed by atoms with Crippen LogP contribution in [0.3, 0.4) is 0 Å². The van der Waals surface area contributed by atoms with Crippen LogP contribution in [-0.2, 0) is 5.41 Å². The van der Waals surface area contributed by atoms with Crippen LogP contribution in [0.1, 0.15) is 22.3 Å². The first kappa shape index (κ1) is 25.7. The van der Waals surface area contributed by atoms with E-state index in [-0.39, 0.29) is 0 Å². The van der Waals surface area contributed by atoms with Crippen LogP contribution < -0.4 is 5.46 Å². The molecule has 0 saturated carbocycles. The van der Waals surface area contributed by atoms with E-state index in [2.05, 4.69) is 143 Å². The van der Waals surface area contributed by atoms with Crippen LogP contribution in [0.2, 0.25) is 0 Å². The number of halogens is 1. The molecule has 0 aromatic heterocycles. The summed E-state index contributed by atoms with van der Waals surface area (Å²) in [6, 6.07) is 51.1. The molecule has 6 aromatic carbocycles. The van der Waals surface area contributed by atoms with Crippen LogP contribution in [0.15, 0.2) is 150 Å². The van der Waals surface area contributed by atoms with E-state index >= 15 is 0 Å². The first-order valence-electron chi connectivity index (χ1n) is 13.7. The van der Waals surface area contributed by atoms with Gasteiger partial charge in [-0.05, 0) is 79.3 Å². The topological polar surface area (TPSA) is 40.5 Å². The molecular formula is C37H26BBrO2. The van der Waals surface area contributed by atoms with E-state index in [1.165, 1.54) is 5.56 Å². The lowest BCUT2D eigenvalue weighted by Crippen LogP contribution is -2.33. The van der Waals surface area contributed by atoms with Crippen molar-refractivity contribution in [3.05, 3.63) is 172 Å². The number of hydrogen-bond acceptors (Lipinski definition) is 2. The molecule has 7 rings (SSSR count). The van der Waals surface area contributed by atoms with E-state index in [4.69, 9.17) is 0 Å². The third kappa shape index (κ3) is 4.19. The minimum atomic E-state index is -1.58. The lowest BCUT2D eigenvalue weighted by Gasteiger charge is -2.35. The second kappa shape index (κ2) is 10.3. The Kier molecular flexibility index (Phi) is 6.47. The molecule has 0 radical (unpaired) electrons. The predicted octanol–water partition coefficient (Wildman–Crippen LogP) is 7.83. The summed E-state index contributed by atoms with van der Waals surface area (Å²) in [5, 5.41) is 20.4. The van der Waals surface area contributed by atoms with Crippen molar-refractivity contribution >= 4 is 28.5 Å². The second-order valence-electron chi connectivity index (χ2n) is 10.5. The first-order chi connectivity index (χ1) is 20.1. The zero-order valence-corrected chi connectivity index (χ0v) is 23.8. The van der Waals surface area contributed by atoms with Gasteiger partial charge >= 0.3 is 7.12 Å². The fourth-order valence-electron chi connectivity index (χ4n) is 6.42. The summed E-state index contributed by atoms with van der Waals surface area (Å²) in [6.07, 6.45) is 0. The molecule has 6 aromatic rings. The normalized spacial score (nSPS) is 13.0. The van der Waals surface area contributed by atoms with Crippen molar-refractivity contribution in [3.63, 3.8) is 0 Å². The summed E-state index contributed by atoms with van der Waals surface area (Å²) in [7, 11) is -1.58. The molecule has 0 unspecified atom stereocenters. The van der Waals surface area contributed by atoms with Crippen molar-refractivity contribution in [2.24, 2.45) is 0 Å². The molecule has 0 bridgehead atoms. The molecule has 0 aliphatic heterocycles. The summed E-state index contributed by atoms with van der Waals surface area (Å²) >= 11 is 3.67. The minimum absolute atomic E-state index is 0.449. The van der Waals surface area contributed by atoms with Gasteiger partial charge in [-0.3, -0.25) is 0 Å². The monoisotopic (exact) mass is 592 g/mol. The second-order valence-corrected chi connectivity index (χ2v) is 11.3. The zero-order valence-electron chi connectivity index (χ0n) is 22.2. The molecule has 41 heavy (non-hydrogen) atoms. The van der Waals surface area contributed by atoms with Gasteiger partial charge < -0.3 is 10.0 Å². The Morgan fingerprint density at radius 2 is 0.976 bits per heavy atom. The lowest BCUT2D eigenvalue weighted by molar-refractivity contribution is 0.425. The average molecular weight is 593 g/mol. The van der Waals surface area contributed by atoms with Crippen molar-refractivity contribution in [2.75, 3.05) is 0 Å². The molecule has 0 amide bonds. The highest BCUT2D eigenvalue weighted by molar-refractivity contribution is 9.10. The van der Waals surface area contributed by atoms with Crippen LogP contribution in [0.4, 0.5) is 0 Å². The summed E-state index contributed by atoms with van der Waals surface area (Å²) in [5.41, 5.74) is 11.1. The zero-order chi connectivity index (χ0) is 28.0. The summed E-state index contributed by atoms with van der Waals surface area (Å²) in [6.45, 7) is 0. The summed E-state index contributed by atoms with van der Waals surface area (Å²) in [5.74, 6) is 0. The molecular weight excluding hydrogens is 567 g/mol. The van der Waals surface area contributed by atoms with Gasteiger partial charge in [0.1, 0.15) is 0 Å². The van der Waals surface area contributed by atoms with E-state index < -0.39 is 12.5 Å². The van der Waals surface area contributed by atoms with Gasteiger partial charge in [-0.25, -0.2) is 0 Å². The van der Waals surface area contributed by atoms with E-state index in [1.54, 1.807) is 0 Å². The van der Waals surface area contributed by atoms with E-state index in [1.807, 2.05) is 18.2 Å². The highest BCUT2D eigenvalue weighted by Gasteiger charge is 2.47. The molecule has 0 saturated heterocycles. The van der Waals surface area contributed by atoms with Crippen LogP contribution >= 0.6 is 15.9 Å². The van der Waals surface area contributed by atoms with Crippen LogP contribution in [0.25, 0.3) is 33.4 Å². The molecule has 4 heteroatoms. The maximum atomic E-state index is 10.2. The van der Waals surface area contributed by atoms with Crippen LogP contribution in [-0.4, -0.2) is 17.2 Å². The minimum Gasteiger partial charge on any atom is -0.423 e. The summed E-state index contributed by atoms with van der Waals surface area (Å²) in [4.78, 5) is 0. The number of rotatable bonds is 5. The quantitative estimate of drug-likeness (QED) is 0.200. The van der Waals surface area contributed by atoms with Crippen LogP contribution in [0, 0.1) is 0 Å². The standard InChI is InChI=1S/C37H26BBrO2/c39-36-24-34-32(23-35(36)38(40)41)31-19-7-8-20-33(31)37(34,29-17-9-15-27(21-29)25-11-3-1-4-12-25)30-18-10-16-28(22-30)26-13-5-2-6-14-26/h1-24,40-41H. The molecule has 2 N–H and O–H groups in total. The molecule has 1 aliphatic rings.